The summed E-state index contributed by atoms with van der Waals surface area (Å²) in [6, 6.07) is 13.9. The number of alkyl halides is 1. The molecule has 3 radical (unpaired) electrons. The molecule has 4 rings (SSSR count). The molecule has 2 aromatic carbocycles. The van der Waals surface area contributed by atoms with Crippen LogP contribution in [0.1, 0.15) is 50.1 Å². The van der Waals surface area contributed by atoms with Crippen molar-refractivity contribution in [3.8, 4) is 11.5 Å². The largest absolute Gasteiger partial charge is 1.00 e. The van der Waals surface area contributed by atoms with Crippen molar-refractivity contribution in [1.29, 1.82) is 0 Å². The number of hydrogen-bond acceptors (Lipinski definition) is 13. The Bertz CT molecular complexity index is 1540. The van der Waals surface area contributed by atoms with Crippen molar-refractivity contribution in [2.75, 3.05) is 52.6 Å². The SMILES string of the molecule is CCOC(CBr)OCC.CCOC(COc1cccc2[nH]c(C(=O)OC)cc12)OCC.COC(=O)c1cc2c(O)cccc2[nH]1.O=CO[O-].[B].[Cs+].[Cs+].[H-]. The molecule has 277 valence electrons. The smallest absolute Gasteiger partial charge is 1.00 e. The number of hydrogen-bond donors (Lipinski definition) is 3. The molecule has 0 aliphatic heterocycles. The second kappa shape index (κ2) is 34.2. The van der Waals surface area contributed by atoms with E-state index >= 15 is 0 Å². The quantitative estimate of drug-likeness (QED) is 0.0233. The fraction of sp³-hybridized carbons (Fsp3) is 0.424. The van der Waals surface area contributed by atoms with Gasteiger partial charge in [0, 0.05) is 56.6 Å². The summed E-state index contributed by atoms with van der Waals surface area (Å²) in [5.74, 6) is -0.0496. The Morgan fingerprint density at radius 1 is 0.808 bits per heavy atom. The van der Waals surface area contributed by atoms with Crippen LogP contribution in [0, 0.1) is 0 Å². The maximum absolute atomic E-state index is 11.6. The summed E-state index contributed by atoms with van der Waals surface area (Å²) in [6.07, 6.45) is -0.482. The first kappa shape index (κ1) is 56.3. The van der Waals surface area contributed by atoms with Gasteiger partial charge in [-0.1, -0.05) is 28.1 Å². The van der Waals surface area contributed by atoms with Crippen LogP contribution in [0.4, 0.5) is 0 Å². The number of methoxy groups -OCH3 is 2. The average Bonchev–Trinajstić information content (AvgIpc) is 3.77. The molecule has 0 spiro atoms. The minimum absolute atomic E-state index is 0. The van der Waals surface area contributed by atoms with Crippen LogP contribution in [0.5, 0.6) is 11.5 Å². The van der Waals surface area contributed by atoms with Gasteiger partial charge in [0.15, 0.2) is 12.6 Å². The van der Waals surface area contributed by atoms with Gasteiger partial charge in [-0.05, 0) is 64.1 Å². The maximum atomic E-state index is 11.6. The number of halogens is 1. The number of ether oxygens (including phenoxy) is 7. The summed E-state index contributed by atoms with van der Waals surface area (Å²) in [5.41, 5.74) is 2.25. The van der Waals surface area contributed by atoms with Gasteiger partial charge in [0.1, 0.15) is 29.5 Å². The Kier molecular flexibility index (Phi) is 37.1. The average molecular weight is 1030 g/mol. The molecule has 4 aromatic rings. The molecule has 3 N–H and O–H groups in total. The van der Waals surface area contributed by atoms with E-state index in [1.807, 2.05) is 45.9 Å². The summed E-state index contributed by atoms with van der Waals surface area (Å²) in [5, 5.41) is 20.1. The minimum atomic E-state index is -0.444. The molecule has 0 aliphatic carbocycles. The Morgan fingerprint density at radius 3 is 1.63 bits per heavy atom. The van der Waals surface area contributed by atoms with Gasteiger partial charge in [-0.2, -0.15) is 0 Å². The molecule has 0 saturated heterocycles. The molecular weight excluding hydrogens is 989 g/mol. The van der Waals surface area contributed by atoms with Crippen molar-refractivity contribution in [1.82, 2.24) is 9.97 Å². The van der Waals surface area contributed by atoms with E-state index < -0.39 is 18.2 Å². The van der Waals surface area contributed by atoms with E-state index in [9.17, 15) is 14.7 Å². The van der Waals surface area contributed by atoms with Crippen LogP contribution in [0.3, 0.4) is 0 Å². The van der Waals surface area contributed by atoms with Crippen molar-refractivity contribution < 1.29 is 202 Å². The number of phenolic OH excluding ortho intramolecular Hbond substituents is 1. The number of rotatable bonds is 15. The van der Waals surface area contributed by atoms with Crippen molar-refractivity contribution in [2.24, 2.45) is 0 Å². The van der Waals surface area contributed by atoms with Crippen LogP contribution in [0.15, 0.2) is 48.5 Å². The van der Waals surface area contributed by atoms with Crippen LogP contribution in [-0.2, 0) is 38.1 Å². The molecule has 52 heavy (non-hydrogen) atoms. The van der Waals surface area contributed by atoms with Crippen molar-refractivity contribution in [2.45, 2.75) is 40.3 Å². The van der Waals surface area contributed by atoms with E-state index in [0.717, 1.165) is 16.2 Å². The van der Waals surface area contributed by atoms with E-state index in [-0.39, 0.29) is 173 Å². The molecule has 0 fully saturated rings. The van der Waals surface area contributed by atoms with E-state index in [2.05, 4.69) is 35.5 Å². The number of carbonyl (C=O) groups excluding carboxylic acids is 3. The fourth-order valence-corrected chi connectivity index (χ4v) is 4.39. The van der Waals surface area contributed by atoms with E-state index in [1.165, 1.54) is 14.2 Å². The third-order valence-electron chi connectivity index (χ3n) is 6.03. The molecular formula is C33H45BBrCs2N2O13. The number of phenols is 1. The normalized spacial score (nSPS) is 9.73. The van der Waals surface area contributed by atoms with Crippen molar-refractivity contribution in [3.63, 3.8) is 0 Å². The summed E-state index contributed by atoms with van der Waals surface area (Å²) in [6.45, 7) is 10.3. The number of carbonyl (C=O) groups is 3. The topological polar surface area (TPSA) is 200 Å². The zero-order chi connectivity index (χ0) is 36.6. The molecule has 0 atom stereocenters. The first-order chi connectivity index (χ1) is 23.7. The third-order valence-corrected chi connectivity index (χ3v) is 6.55. The van der Waals surface area contributed by atoms with Crippen LogP contribution < -0.4 is 148 Å². The minimum Gasteiger partial charge on any atom is -1.00 e. The Labute approximate surface area is 433 Å². The predicted molar refractivity (Wildman–Crippen MR) is 188 cm³/mol. The van der Waals surface area contributed by atoms with Crippen LogP contribution in [0.25, 0.3) is 21.8 Å². The van der Waals surface area contributed by atoms with Gasteiger partial charge < -0.3 is 59.8 Å². The maximum Gasteiger partial charge on any atom is 1.00 e. The summed E-state index contributed by atoms with van der Waals surface area (Å²) >= 11 is 3.27. The number of H-pyrrole nitrogens is 2. The summed E-state index contributed by atoms with van der Waals surface area (Å²) in [4.78, 5) is 39.9. The zero-order valence-corrected chi connectivity index (χ0v) is 45.0. The second-order valence-corrected chi connectivity index (χ2v) is 9.79. The summed E-state index contributed by atoms with van der Waals surface area (Å²) in [7, 11) is 2.66. The van der Waals surface area contributed by atoms with Crippen molar-refractivity contribution >= 4 is 64.6 Å². The van der Waals surface area contributed by atoms with E-state index in [0.29, 0.717) is 54.5 Å². The fourth-order valence-electron chi connectivity index (χ4n) is 4.02. The molecule has 2 heterocycles. The van der Waals surface area contributed by atoms with Crippen LogP contribution >= 0.6 is 15.9 Å². The number of esters is 2. The van der Waals surface area contributed by atoms with Gasteiger partial charge in [-0.15, -0.1) is 0 Å². The Hall–Kier alpha value is -0.0212. The van der Waals surface area contributed by atoms with E-state index in [1.54, 1.807) is 30.3 Å². The molecule has 0 unspecified atom stereocenters. The number of aromatic nitrogens is 2. The Morgan fingerprint density at radius 2 is 1.23 bits per heavy atom. The third kappa shape index (κ3) is 20.8. The molecule has 2 aromatic heterocycles. The monoisotopic (exact) mass is 1030 g/mol. The Balaban J connectivity index is -0.000000336. The van der Waals surface area contributed by atoms with Gasteiger partial charge >= 0.3 is 150 Å². The molecule has 15 nitrogen and oxygen atoms in total. The number of fused-ring (bicyclic) bond motifs is 2. The molecule has 19 heteroatoms. The van der Waals surface area contributed by atoms with Gasteiger partial charge in [0.25, 0.3) is 6.47 Å². The standard InChI is InChI=1S/C16H21NO5.C10H9NO3.C6H13BrO2.CH2O3.B.2Cs.H/c1-4-20-15(21-5-2)10-22-14-8-6-7-12-11(14)9-13(17-12)16(18)19-3;1-14-10(13)8-5-6-7(11-8)3-2-4-9(6)12;1-3-8-6(5-7)9-4-2;2-1-4-3;;;;/h6-9,15,17H,4-5,10H2,1-3H3;2-5,11-12H,1H3;6H,3-5H2,1-2H3;1,3H;;;;/q;;;;;2*+1;-1/p-1. The van der Waals surface area contributed by atoms with Gasteiger partial charge in [0.2, 0.25) is 0 Å². The van der Waals surface area contributed by atoms with E-state index in [4.69, 9.17) is 38.5 Å². The number of benzene rings is 2. The first-order valence-electron chi connectivity index (χ1n) is 15.1. The van der Waals surface area contributed by atoms with Gasteiger partial charge in [-0.25, -0.2) is 9.59 Å². The number of aromatic hydroxyl groups is 1. The summed E-state index contributed by atoms with van der Waals surface area (Å²) < 4.78 is 36.3. The molecule has 0 aliphatic rings. The zero-order valence-electron chi connectivity index (χ0n) is 31.9. The molecule has 0 amide bonds. The van der Waals surface area contributed by atoms with Gasteiger partial charge in [0.05, 0.1) is 19.5 Å². The number of nitrogens with one attached hydrogen (secondary N) is 2. The second-order valence-electron chi connectivity index (χ2n) is 9.14. The van der Waals surface area contributed by atoms with Crippen LogP contribution in [-0.4, -0.2) is 107 Å². The first-order valence-corrected chi connectivity index (χ1v) is 16.3. The number of aromatic amines is 2. The predicted octanol–water partition coefficient (Wildman–Crippen LogP) is -1.65. The van der Waals surface area contributed by atoms with Crippen molar-refractivity contribution in [3.05, 3.63) is 59.9 Å². The molecule has 0 saturated carbocycles. The van der Waals surface area contributed by atoms with Gasteiger partial charge in [-0.3, -0.25) is 4.79 Å². The van der Waals surface area contributed by atoms with Crippen LogP contribution in [0.2, 0.25) is 0 Å². The molecule has 0 bridgehead atoms.